The number of hydrogen-bond donors (Lipinski definition) is 0. The standard InChI is InChI=1S/C15H18N2OS/c1-11-9-13-5-3-4-6-14(13)16(11)7-8-17-12(2)10-19-15(17)18/h3-6,10-11H,7-9H2,1-2H3. The fourth-order valence-electron chi connectivity index (χ4n) is 2.85. The number of para-hydroxylation sites is 1. The number of rotatable bonds is 3. The molecule has 2 heterocycles. The summed E-state index contributed by atoms with van der Waals surface area (Å²) in [6, 6.07) is 9.09. The third kappa shape index (κ3) is 2.21. The van der Waals surface area contributed by atoms with E-state index >= 15 is 0 Å². The lowest BCUT2D eigenvalue weighted by atomic mass is 10.1. The van der Waals surface area contributed by atoms with Gasteiger partial charge in [-0.2, -0.15) is 0 Å². The van der Waals surface area contributed by atoms with Crippen LogP contribution in [0.1, 0.15) is 18.2 Å². The lowest BCUT2D eigenvalue weighted by molar-refractivity contribution is 0.596. The Morgan fingerprint density at radius 1 is 1.32 bits per heavy atom. The first-order valence-electron chi connectivity index (χ1n) is 6.66. The van der Waals surface area contributed by atoms with E-state index in [2.05, 4.69) is 36.1 Å². The average Bonchev–Trinajstić information content (AvgIpc) is 2.88. The molecule has 0 bridgehead atoms. The van der Waals surface area contributed by atoms with E-state index < -0.39 is 0 Å². The molecule has 0 N–H and O–H groups in total. The zero-order valence-corrected chi connectivity index (χ0v) is 12.1. The van der Waals surface area contributed by atoms with Crippen LogP contribution in [0.4, 0.5) is 5.69 Å². The maximum Gasteiger partial charge on any atom is 0.307 e. The Morgan fingerprint density at radius 3 is 2.84 bits per heavy atom. The molecule has 1 aliphatic heterocycles. The highest BCUT2D eigenvalue weighted by molar-refractivity contribution is 7.07. The number of fused-ring (bicyclic) bond motifs is 1. The van der Waals surface area contributed by atoms with Crippen LogP contribution in [0.25, 0.3) is 0 Å². The summed E-state index contributed by atoms with van der Waals surface area (Å²) < 4.78 is 1.87. The van der Waals surface area contributed by atoms with Crippen molar-refractivity contribution in [3.8, 4) is 0 Å². The molecule has 1 unspecified atom stereocenters. The van der Waals surface area contributed by atoms with Crippen molar-refractivity contribution in [3.05, 3.63) is 50.6 Å². The van der Waals surface area contributed by atoms with Gasteiger partial charge in [0, 0.05) is 35.9 Å². The predicted molar refractivity (Wildman–Crippen MR) is 80.3 cm³/mol. The fraction of sp³-hybridized carbons (Fsp3) is 0.400. The van der Waals surface area contributed by atoms with E-state index in [0.29, 0.717) is 6.04 Å². The zero-order valence-electron chi connectivity index (χ0n) is 11.3. The summed E-state index contributed by atoms with van der Waals surface area (Å²) in [5, 5.41) is 1.93. The summed E-state index contributed by atoms with van der Waals surface area (Å²) in [6.07, 6.45) is 1.10. The van der Waals surface area contributed by atoms with Crippen LogP contribution in [0.5, 0.6) is 0 Å². The molecule has 1 atom stereocenters. The molecule has 3 rings (SSSR count). The van der Waals surface area contributed by atoms with Gasteiger partial charge in [-0.3, -0.25) is 4.79 Å². The van der Waals surface area contributed by atoms with Crippen molar-refractivity contribution < 1.29 is 0 Å². The summed E-state index contributed by atoms with van der Waals surface area (Å²) in [6.45, 7) is 5.92. The lowest BCUT2D eigenvalue weighted by Crippen LogP contribution is -2.34. The molecule has 1 aliphatic rings. The summed E-state index contributed by atoms with van der Waals surface area (Å²) in [5.41, 5.74) is 3.82. The maximum atomic E-state index is 11.7. The van der Waals surface area contributed by atoms with Crippen molar-refractivity contribution >= 4 is 17.0 Å². The Hall–Kier alpha value is -1.55. The quantitative estimate of drug-likeness (QED) is 0.860. The zero-order chi connectivity index (χ0) is 13.4. The van der Waals surface area contributed by atoms with Crippen molar-refractivity contribution in [1.29, 1.82) is 0 Å². The van der Waals surface area contributed by atoms with E-state index in [1.54, 1.807) is 0 Å². The van der Waals surface area contributed by atoms with Gasteiger partial charge in [-0.05, 0) is 31.9 Å². The molecule has 19 heavy (non-hydrogen) atoms. The minimum Gasteiger partial charge on any atom is -0.366 e. The SMILES string of the molecule is Cc1csc(=O)n1CCN1c2ccccc2CC1C. The molecule has 0 aliphatic carbocycles. The second kappa shape index (κ2) is 4.85. The van der Waals surface area contributed by atoms with Gasteiger partial charge in [-0.25, -0.2) is 0 Å². The van der Waals surface area contributed by atoms with Gasteiger partial charge in [-0.1, -0.05) is 29.5 Å². The molecule has 0 saturated heterocycles. The van der Waals surface area contributed by atoms with Crippen LogP contribution in [0, 0.1) is 6.92 Å². The predicted octanol–water partition coefficient (Wildman–Crippen LogP) is 2.67. The van der Waals surface area contributed by atoms with Gasteiger partial charge in [0.1, 0.15) is 0 Å². The van der Waals surface area contributed by atoms with E-state index in [1.807, 2.05) is 16.9 Å². The Labute approximate surface area is 117 Å². The number of aryl methyl sites for hydroxylation is 1. The summed E-state index contributed by atoms with van der Waals surface area (Å²) in [5.74, 6) is 0. The highest BCUT2D eigenvalue weighted by Gasteiger charge is 2.25. The summed E-state index contributed by atoms with van der Waals surface area (Å²) >= 11 is 1.29. The minimum atomic E-state index is 0.151. The average molecular weight is 274 g/mol. The Balaban J connectivity index is 1.79. The molecule has 0 saturated carbocycles. The van der Waals surface area contributed by atoms with Crippen molar-refractivity contribution in [1.82, 2.24) is 4.57 Å². The van der Waals surface area contributed by atoms with Gasteiger partial charge in [0.15, 0.2) is 0 Å². The van der Waals surface area contributed by atoms with E-state index in [0.717, 1.165) is 25.2 Å². The molecule has 3 nitrogen and oxygen atoms in total. The Morgan fingerprint density at radius 2 is 2.11 bits per heavy atom. The number of nitrogens with zero attached hydrogens (tertiary/aromatic N) is 2. The first-order chi connectivity index (χ1) is 9.16. The van der Waals surface area contributed by atoms with Crippen LogP contribution < -0.4 is 9.77 Å². The van der Waals surface area contributed by atoms with Crippen LogP contribution in [0.3, 0.4) is 0 Å². The molecule has 1 aromatic heterocycles. The van der Waals surface area contributed by atoms with Crippen molar-refractivity contribution in [2.45, 2.75) is 32.9 Å². The smallest absolute Gasteiger partial charge is 0.307 e. The highest BCUT2D eigenvalue weighted by atomic mass is 32.1. The molecule has 0 radical (unpaired) electrons. The highest BCUT2D eigenvalue weighted by Crippen LogP contribution is 2.31. The lowest BCUT2D eigenvalue weighted by Gasteiger charge is -2.25. The number of aromatic nitrogens is 1. The molecule has 2 aromatic rings. The van der Waals surface area contributed by atoms with Gasteiger partial charge in [0.2, 0.25) is 0 Å². The van der Waals surface area contributed by atoms with E-state index in [9.17, 15) is 4.79 Å². The molecule has 0 amide bonds. The molecular formula is C15H18N2OS. The van der Waals surface area contributed by atoms with Crippen LogP contribution >= 0.6 is 11.3 Å². The van der Waals surface area contributed by atoms with Crippen molar-refractivity contribution in [2.75, 3.05) is 11.4 Å². The Kier molecular flexibility index (Phi) is 3.19. The van der Waals surface area contributed by atoms with E-state index in [4.69, 9.17) is 0 Å². The van der Waals surface area contributed by atoms with Crippen LogP contribution in [0.15, 0.2) is 34.4 Å². The molecule has 0 fully saturated rings. The third-order valence-electron chi connectivity index (χ3n) is 3.89. The first-order valence-corrected chi connectivity index (χ1v) is 7.54. The number of benzene rings is 1. The van der Waals surface area contributed by atoms with Crippen molar-refractivity contribution in [2.24, 2.45) is 0 Å². The van der Waals surface area contributed by atoms with Gasteiger partial charge in [-0.15, -0.1) is 0 Å². The Bertz CT molecular complexity index is 644. The molecular weight excluding hydrogens is 256 g/mol. The number of thiazole rings is 1. The molecule has 100 valence electrons. The van der Waals surface area contributed by atoms with Crippen molar-refractivity contribution in [3.63, 3.8) is 0 Å². The molecule has 0 spiro atoms. The van der Waals surface area contributed by atoms with Gasteiger partial charge in [0.05, 0.1) is 0 Å². The molecule has 4 heteroatoms. The van der Waals surface area contributed by atoms with Gasteiger partial charge < -0.3 is 9.47 Å². The summed E-state index contributed by atoms with van der Waals surface area (Å²) in [7, 11) is 0. The largest absolute Gasteiger partial charge is 0.366 e. The topological polar surface area (TPSA) is 25.2 Å². The number of hydrogen-bond acceptors (Lipinski definition) is 3. The van der Waals surface area contributed by atoms with E-state index in [1.165, 1.54) is 22.6 Å². The second-order valence-corrected chi connectivity index (χ2v) is 5.99. The summed E-state index contributed by atoms with van der Waals surface area (Å²) in [4.78, 5) is 14.3. The minimum absolute atomic E-state index is 0.151. The monoisotopic (exact) mass is 274 g/mol. The second-order valence-electron chi connectivity index (χ2n) is 5.17. The number of anilines is 1. The van der Waals surface area contributed by atoms with Crippen LogP contribution in [-0.2, 0) is 13.0 Å². The fourth-order valence-corrected chi connectivity index (χ4v) is 3.61. The molecule has 1 aromatic carbocycles. The van der Waals surface area contributed by atoms with E-state index in [-0.39, 0.29) is 4.87 Å². The van der Waals surface area contributed by atoms with Crippen LogP contribution in [-0.4, -0.2) is 17.2 Å². The first kappa shape index (κ1) is 12.5. The van der Waals surface area contributed by atoms with Gasteiger partial charge in [0.25, 0.3) is 0 Å². The third-order valence-corrected chi connectivity index (χ3v) is 4.77. The van der Waals surface area contributed by atoms with Gasteiger partial charge >= 0.3 is 4.87 Å². The van der Waals surface area contributed by atoms with Crippen LogP contribution in [0.2, 0.25) is 0 Å². The maximum absolute atomic E-state index is 11.7. The normalized spacial score (nSPS) is 17.8.